The molecule has 0 fully saturated rings. The van der Waals surface area contributed by atoms with Gasteiger partial charge in [-0.1, -0.05) is 23.8 Å². The van der Waals surface area contributed by atoms with Crippen LogP contribution in [0, 0.1) is 6.92 Å². The zero-order chi connectivity index (χ0) is 22.9. The predicted molar refractivity (Wildman–Crippen MR) is 112 cm³/mol. The fraction of sp³-hybridized carbons (Fsp3) is 0.364. The van der Waals surface area contributed by atoms with Gasteiger partial charge < -0.3 is 21.1 Å². The molecule has 6 nitrogen and oxygen atoms in total. The second-order valence-corrected chi connectivity index (χ2v) is 7.07. The summed E-state index contributed by atoms with van der Waals surface area (Å²) in [6.45, 7) is 1.86. The van der Waals surface area contributed by atoms with Gasteiger partial charge in [-0.25, -0.2) is 0 Å². The predicted octanol–water partition coefficient (Wildman–Crippen LogP) is 3.65. The molecule has 168 valence electrons. The van der Waals surface area contributed by atoms with Crippen LogP contribution in [0.15, 0.2) is 48.5 Å². The van der Waals surface area contributed by atoms with Gasteiger partial charge in [-0.05, 0) is 63.1 Å². The molecule has 0 heterocycles. The molecule has 0 aliphatic rings. The number of halogens is 3. The Bertz CT molecular complexity index is 870. The second-order valence-electron chi connectivity index (χ2n) is 7.07. The van der Waals surface area contributed by atoms with E-state index < -0.39 is 36.2 Å². The van der Waals surface area contributed by atoms with Crippen LogP contribution in [0.5, 0.6) is 5.75 Å². The molecule has 2 rings (SSSR count). The number of rotatable bonds is 10. The van der Waals surface area contributed by atoms with Crippen LogP contribution < -0.4 is 21.1 Å². The Kier molecular flexibility index (Phi) is 8.87. The van der Waals surface area contributed by atoms with Gasteiger partial charge >= 0.3 is 6.18 Å². The summed E-state index contributed by atoms with van der Waals surface area (Å²) in [5.41, 5.74) is 6.25. The lowest BCUT2D eigenvalue weighted by molar-refractivity contribution is -0.137. The van der Waals surface area contributed by atoms with Gasteiger partial charge in [0.05, 0.1) is 5.56 Å². The van der Waals surface area contributed by atoms with Crippen LogP contribution in [0.25, 0.3) is 0 Å². The maximum Gasteiger partial charge on any atom is 0.416 e. The molecule has 0 unspecified atom stereocenters. The van der Waals surface area contributed by atoms with Crippen molar-refractivity contribution in [1.29, 1.82) is 0 Å². The van der Waals surface area contributed by atoms with Crippen molar-refractivity contribution in [2.24, 2.45) is 5.73 Å². The van der Waals surface area contributed by atoms with E-state index in [2.05, 4.69) is 10.6 Å². The SMILES string of the molecule is Cc1ccc(NC(=O)[C@H](CCCCN)NC(=O)COc2cccc(C(F)(F)F)c2)cc1. The van der Waals surface area contributed by atoms with Crippen molar-refractivity contribution >= 4 is 17.5 Å². The van der Waals surface area contributed by atoms with Crippen molar-refractivity contribution in [3.8, 4) is 5.75 Å². The number of carbonyl (C=O) groups is 2. The molecule has 4 N–H and O–H groups in total. The first-order chi connectivity index (χ1) is 14.7. The van der Waals surface area contributed by atoms with Crippen LogP contribution >= 0.6 is 0 Å². The quantitative estimate of drug-likeness (QED) is 0.495. The van der Waals surface area contributed by atoms with Crippen molar-refractivity contribution in [2.75, 3.05) is 18.5 Å². The summed E-state index contributed by atoms with van der Waals surface area (Å²) in [5, 5.41) is 5.33. The monoisotopic (exact) mass is 437 g/mol. The highest BCUT2D eigenvalue weighted by Crippen LogP contribution is 2.31. The van der Waals surface area contributed by atoms with E-state index in [4.69, 9.17) is 10.5 Å². The molecular formula is C22H26F3N3O3. The van der Waals surface area contributed by atoms with Gasteiger partial charge in [0.1, 0.15) is 11.8 Å². The number of nitrogens with two attached hydrogens (primary N) is 1. The van der Waals surface area contributed by atoms with Gasteiger partial charge in [0, 0.05) is 5.69 Å². The molecular weight excluding hydrogens is 411 g/mol. The topological polar surface area (TPSA) is 93.5 Å². The highest BCUT2D eigenvalue weighted by molar-refractivity contribution is 5.97. The van der Waals surface area contributed by atoms with Crippen LogP contribution in [-0.2, 0) is 15.8 Å². The maximum absolute atomic E-state index is 12.8. The lowest BCUT2D eigenvalue weighted by Gasteiger charge is -2.19. The number of aryl methyl sites for hydroxylation is 1. The molecule has 9 heteroatoms. The summed E-state index contributed by atoms with van der Waals surface area (Å²) < 4.78 is 43.5. The van der Waals surface area contributed by atoms with E-state index in [1.54, 1.807) is 12.1 Å². The molecule has 0 aromatic heterocycles. The lowest BCUT2D eigenvalue weighted by Crippen LogP contribution is -2.45. The minimum absolute atomic E-state index is 0.0891. The average molecular weight is 437 g/mol. The molecule has 0 radical (unpaired) electrons. The van der Waals surface area contributed by atoms with E-state index in [9.17, 15) is 22.8 Å². The minimum atomic E-state index is -4.51. The smallest absolute Gasteiger partial charge is 0.416 e. The third-order valence-corrected chi connectivity index (χ3v) is 4.45. The number of nitrogens with one attached hydrogen (secondary N) is 2. The van der Waals surface area contributed by atoms with Crippen molar-refractivity contribution in [3.05, 3.63) is 59.7 Å². The summed E-state index contributed by atoms with van der Waals surface area (Å²) in [5.74, 6) is -1.10. The third kappa shape index (κ3) is 8.29. The molecule has 31 heavy (non-hydrogen) atoms. The summed E-state index contributed by atoms with van der Waals surface area (Å²) in [7, 11) is 0. The minimum Gasteiger partial charge on any atom is -0.484 e. The van der Waals surface area contributed by atoms with Gasteiger partial charge in [0.15, 0.2) is 6.61 Å². The number of carbonyl (C=O) groups excluding carboxylic acids is 2. The molecule has 2 aromatic rings. The van der Waals surface area contributed by atoms with Gasteiger partial charge in [-0.3, -0.25) is 9.59 Å². The molecule has 0 aliphatic heterocycles. The number of anilines is 1. The van der Waals surface area contributed by atoms with Gasteiger partial charge in [0.2, 0.25) is 5.91 Å². The summed E-state index contributed by atoms with van der Waals surface area (Å²) >= 11 is 0. The summed E-state index contributed by atoms with van der Waals surface area (Å²) in [6.07, 6.45) is -2.84. The van der Waals surface area contributed by atoms with Crippen molar-refractivity contribution in [1.82, 2.24) is 5.32 Å². The zero-order valence-corrected chi connectivity index (χ0v) is 17.2. The van der Waals surface area contributed by atoms with Crippen LogP contribution in [-0.4, -0.2) is 31.0 Å². The first-order valence-corrected chi connectivity index (χ1v) is 9.86. The van der Waals surface area contributed by atoms with Gasteiger partial charge in [-0.2, -0.15) is 13.2 Å². The number of unbranched alkanes of at least 4 members (excludes halogenated alkanes) is 1. The highest BCUT2D eigenvalue weighted by atomic mass is 19.4. The summed E-state index contributed by atoms with van der Waals surface area (Å²) in [4.78, 5) is 24.9. The van der Waals surface area contributed by atoms with E-state index in [0.29, 0.717) is 31.5 Å². The Morgan fingerprint density at radius 3 is 2.45 bits per heavy atom. The molecule has 0 aliphatic carbocycles. The van der Waals surface area contributed by atoms with Crippen LogP contribution in [0.4, 0.5) is 18.9 Å². The van der Waals surface area contributed by atoms with E-state index in [0.717, 1.165) is 17.7 Å². The molecule has 2 amide bonds. The maximum atomic E-state index is 12.8. The zero-order valence-electron chi connectivity index (χ0n) is 17.2. The summed E-state index contributed by atoms with van der Waals surface area (Å²) in [6, 6.07) is 10.6. The first-order valence-electron chi connectivity index (χ1n) is 9.86. The average Bonchev–Trinajstić information content (AvgIpc) is 2.73. The molecule has 0 bridgehead atoms. The molecule has 0 saturated carbocycles. The van der Waals surface area contributed by atoms with Crippen LogP contribution in [0.3, 0.4) is 0 Å². The van der Waals surface area contributed by atoms with Crippen LogP contribution in [0.1, 0.15) is 30.4 Å². The fourth-order valence-electron chi connectivity index (χ4n) is 2.77. The number of hydrogen-bond donors (Lipinski definition) is 3. The van der Waals surface area contributed by atoms with E-state index >= 15 is 0 Å². The Morgan fingerprint density at radius 2 is 1.81 bits per heavy atom. The number of amides is 2. The van der Waals surface area contributed by atoms with Crippen molar-refractivity contribution in [3.63, 3.8) is 0 Å². The molecule has 2 aromatic carbocycles. The second kappa shape index (κ2) is 11.4. The lowest BCUT2D eigenvalue weighted by atomic mass is 10.1. The van der Waals surface area contributed by atoms with Gasteiger partial charge in [0.25, 0.3) is 5.91 Å². The highest BCUT2D eigenvalue weighted by Gasteiger charge is 2.30. The van der Waals surface area contributed by atoms with Crippen molar-refractivity contribution in [2.45, 2.75) is 38.4 Å². The van der Waals surface area contributed by atoms with E-state index in [-0.39, 0.29) is 5.75 Å². The number of benzene rings is 2. The van der Waals surface area contributed by atoms with E-state index in [1.807, 2.05) is 19.1 Å². The normalized spacial score (nSPS) is 12.2. The molecule has 0 saturated heterocycles. The largest absolute Gasteiger partial charge is 0.484 e. The standard InChI is InChI=1S/C22H26F3N3O3/c1-15-8-10-17(11-9-15)27-21(30)19(7-2-3-12-26)28-20(29)14-31-18-6-4-5-16(13-18)22(23,24)25/h4-6,8-11,13,19H,2-3,7,12,14,26H2,1H3,(H,27,30)(H,28,29)/t19-/m0/s1. The number of ether oxygens (including phenoxy) is 1. The van der Waals surface area contributed by atoms with Crippen LogP contribution in [0.2, 0.25) is 0 Å². The first kappa shape index (κ1) is 24.2. The van der Waals surface area contributed by atoms with E-state index in [1.165, 1.54) is 12.1 Å². The van der Waals surface area contributed by atoms with Gasteiger partial charge in [-0.15, -0.1) is 0 Å². The Labute approximate surface area is 179 Å². The fourth-order valence-corrected chi connectivity index (χ4v) is 2.77. The number of hydrogen-bond acceptors (Lipinski definition) is 4. The molecule has 1 atom stereocenters. The Morgan fingerprint density at radius 1 is 1.10 bits per heavy atom. The third-order valence-electron chi connectivity index (χ3n) is 4.45. The number of alkyl halides is 3. The Balaban J connectivity index is 1.96. The Hall–Kier alpha value is -3.07. The molecule has 0 spiro atoms. The van der Waals surface area contributed by atoms with Crippen molar-refractivity contribution < 1.29 is 27.5 Å².